The number of allylic oxidation sites excluding steroid dienone is 12. The van der Waals surface area contributed by atoms with Crippen molar-refractivity contribution in [3.8, 4) is 0 Å². The standard InChI is InChI=1S/C45H74O10/c1-3-5-7-9-11-13-15-17-19-21-23-25-27-29-31-33-40(47)52-36-38(37-53-45-44(51)43(50)42(49)39(35-46)55-45)54-41(48)34-32-30-28-26-24-22-20-18-16-14-12-10-8-6-4-2/h5-8,11-14,17-20,38-39,42-46,49-51H,3-4,9-10,15-16,21-37H2,1-2H3/b7-5-,8-6-,13-11-,14-12-,19-17-,20-18-/t38-,39-,42-,43+,44-,45-/m1/s1. The Balaban J connectivity index is 2.39. The Kier molecular flexibility index (Phi) is 32.4. The van der Waals surface area contributed by atoms with Gasteiger partial charge in [0, 0.05) is 12.8 Å². The van der Waals surface area contributed by atoms with Crippen LogP contribution in [0.4, 0.5) is 0 Å². The monoisotopic (exact) mass is 775 g/mol. The van der Waals surface area contributed by atoms with Crippen molar-refractivity contribution in [1.29, 1.82) is 0 Å². The lowest BCUT2D eigenvalue weighted by atomic mass is 9.99. The summed E-state index contributed by atoms with van der Waals surface area (Å²) in [7, 11) is 0. The molecule has 0 aromatic rings. The van der Waals surface area contributed by atoms with Gasteiger partial charge in [0.1, 0.15) is 31.0 Å². The minimum Gasteiger partial charge on any atom is -0.462 e. The number of aliphatic hydroxyl groups excluding tert-OH is 4. The molecule has 6 atom stereocenters. The van der Waals surface area contributed by atoms with Gasteiger partial charge in [0.2, 0.25) is 0 Å². The first-order chi connectivity index (χ1) is 26.8. The van der Waals surface area contributed by atoms with Crippen LogP contribution in [0.5, 0.6) is 0 Å². The van der Waals surface area contributed by atoms with Crippen LogP contribution in [0.25, 0.3) is 0 Å². The molecule has 1 aliphatic rings. The Morgan fingerprint density at radius 3 is 1.53 bits per heavy atom. The minimum atomic E-state index is -1.60. The average molecular weight is 775 g/mol. The fourth-order valence-electron chi connectivity index (χ4n) is 5.80. The molecule has 0 aliphatic carbocycles. The number of unbranched alkanes of at least 4 members (excludes halogenated alkanes) is 10. The van der Waals surface area contributed by atoms with E-state index in [4.69, 9.17) is 18.9 Å². The summed E-state index contributed by atoms with van der Waals surface area (Å²) in [5.74, 6) is -0.855. The highest BCUT2D eigenvalue weighted by molar-refractivity contribution is 5.70. The number of carbonyl (C=O) groups excluding carboxylic acids is 2. The quantitative estimate of drug-likeness (QED) is 0.0291. The maximum Gasteiger partial charge on any atom is 0.306 e. The Morgan fingerprint density at radius 2 is 1.02 bits per heavy atom. The van der Waals surface area contributed by atoms with Crippen LogP contribution in [0.15, 0.2) is 72.9 Å². The lowest BCUT2D eigenvalue weighted by Gasteiger charge is -2.39. The van der Waals surface area contributed by atoms with Crippen LogP contribution in [0.1, 0.15) is 142 Å². The zero-order valence-electron chi connectivity index (χ0n) is 33.9. The normalized spacial score (nSPS) is 21.3. The first kappa shape index (κ1) is 50.2. The van der Waals surface area contributed by atoms with Gasteiger partial charge in [-0.25, -0.2) is 0 Å². The summed E-state index contributed by atoms with van der Waals surface area (Å²) in [6.07, 6.45) is 36.2. The molecule has 4 N–H and O–H groups in total. The van der Waals surface area contributed by atoms with E-state index in [2.05, 4.69) is 86.8 Å². The van der Waals surface area contributed by atoms with Crippen molar-refractivity contribution in [3.05, 3.63) is 72.9 Å². The first-order valence-electron chi connectivity index (χ1n) is 21.0. The van der Waals surface area contributed by atoms with E-state index >= 15 is 0 Å². The Bertz CT molecular complexity index is 1120. The van der Waals surface area contributed by atoms with Crippen LogP contribution < -0.4 is 0 Å². The Labute approximate surface area is 332 Å². The number of aliphatic hydroxyl groups is 4. The van der Waals surface area contributed by atoms with Gasteiger partial charge < -0.3 is 39.4 Å². The van der Waals surface area contributed by atoms with Crippen molar-refractivity contribution in [2.45, 2.75) is 179 Å². The Hall–Kier alpha value is -2.86. The molecule has 10 heteroatoms. The van der Waals surface area contributed by atoms with E-state index in [0.29, 0.717) is 12.8 Å². The number of hydrogen-bond acceptors (Lipinski definition) is 10. The van der Waals surface area contributed by atoms with Crippen molar-refractivity contribution in [3.63, 3.8) is 0 Å². The van der Waals surface area contributed by atoms with Crippen LogP contribution in [-0.2, 0) is 28.5 Å². The highest BCUT2D eigenvalue weighted by Gasteiger charge is 2.44. The van der Waals surface area contributed by atoms with E-state index in [-0.39, 0.29) is 26.1 Å². The molecule has 0 aromatic heterocycles. The van der Waals surface area contributed by atoms with Gasteiger partial charge in [-0.2, -0.15) is 0 Å². The maximum atomic E-state index is 12.7. The molecule has 55 heavy (non-hydrogen) atoms. The van der Waals surface area contributed by atoms with Crippen LogP contribution in [0, 0.1) is 0 Å². The lowest BCUT2D eigenvalue weighted by Crippen LogP contribution is -2.59. The van der Waals surface area contributed by atoms with Crippen molar-refractivity contribution >= 4 is 11.9 Å². The van der Waals surface area contributed by atoms with Crippen molar-refractivity contribution in [2.75, 3.05) is 19.8 Å². The molecular weight excluding hydrogens is 700 g/mol. The molecule has 1 fully saturated rings. The molecule has 0 saturated carbocycles. The Morgan fingerprint density at radius 1 is 0.564 bits per heavy atom. The molecule has 0 spiro atoms. The number of esters is 2. The summed E-state index contributed by atoms with van der Waals surface area (Å²) in [6.45, 7) is 3.14. The fourth-order valence-corrected chi connectivity index (χ4v) is 5.80. The van der Waals surface area contributed by atoms with E-state index in [1.165, 1.54) is 0 Å². The third-order valence-electron chi connectivity index (χ3n) is 9.09. The van der Waals surface area contributed by atoms with Gasteiger partial charge in [-0.1, -0.05) is 125 Å². The maximum absolute atomic E-state index is 12.7. The zero-order chi connectivity index (χ0) is 40.2. The van der Waals surface area contributed by atoms with Gasteiger partial charge in [-0.05, 0) is 77.0 Å². The van der Waals surface area contributed by atoms with Crippen molar-refractivity contribution < 1.29 is 49.0 Å². The topological polar surface area (TPSA) is 152 Å². The van der Waals surface area contributed by atoms with Crippen LogP contribution >= 0.6 is 0 Å². The molecular formula is C45H74O10. The molecule has 0 bridgehead atoms. The van der Waals surface area contributed by atoms with E-state index in [9.17, 15) is 30.0 Å². The van der Waals surface area contributed by atoms with Crippen LogP contribution in [-0.4, -0.2) is 89.0 Å². The molecule has 0 aromatic carbocycles. The molecule has 0 amide bonds. The van der Waals surface area contributed by atoms with E-state index < -0.39 is 55.4 Å². The number of ether oxygens (including phenoxy) is 4. The molecule has 1 heterocycles. The second kappa shape index (κ2) is 35.5. The van der Waals surface area contributed by atoms with Gasteiger partial charge in [0.05, 0.1) is 13.2 Å². The van der Waals surface area contributed by atoms with Gasteiger partial charge in [0.25, 0.3) is 0 Å². The van der Waals surface area contributed by atoms with E-state index in [0.717, 1.165) is 103 Å². The van der Waals surface area contributed by atoms with Crippen molar-refractivity contribution in [2.24, 2.45) is 0 Å². The molecule has 0 unspecified atom stereocenters. The summed E-state index contributed by atoms with van der Waals surface area (Å²) in [5, 5.41) is 40.0. The van der Waals surface area contributed by atoms with Crippen molar-refractivity contribution in [1.82, 2.24) is 0 Å². The summed E-state index contributed by atoms with van der Waals surface area (Å²) in [4.78, 5) is 25.3. The largest absolute Gasteiger partial charge is 0.462 e. The van der Waals surface area contributed by atoms with Gasteiger partial charge in [-0.15, -0.1) is 0 Å². The summed E-state index contributed by atoms with van der Waals surface area (Å²) < 4.78 is 22.1. The third kappa shape index (κ3) is 27.4. The van der Waals surface area contributed by atoms with Crippen LogP contribution in [0.3, 0.4) is 0 Å². The SMILES string of the molecule is CC/C=C\C/C=C\C/C=C\CCCCCCCC(=O)OC[C@H](CO[C@@H]1O[C@H](CO)[C@@H](O)[C@H](O)[C@H]1O)OC(=O)CCCCCCC/C=C\C/C=C\C/C=C\CC. The summed E-state index contributed by atoms with van der Waals surface area (Å²) in [5.41, 5.74) is 0. The molecule has 314 valence electrons. The van der Waals surface area contributed by atoms with E-state index in [1.807, 2.05) is 0 Å². The van der Waals surface area contributed by atoms with Gasteiger partial charge in [0.15, 0.2) is 12.4 Å². The fraction of sp³-hybridized carbons (Fsp3) is 0.689. The minimum absolute atomic E-state index is 0.202. The second-order valence-corrected chi connectivity index (χ2v) is 14.0. The van der Waals surface area contributed by atoms with Gasteiger partial charge >= 0.3 is 11.9 Å². The zero-order valence-corrected chi connectivity index (χ0v) is 33.9. The molecule has 10 nitrogen and oxygen atoms in total. The summed E-state index contributed by atoms with van der Waals surface area (Å²) in [6, 6.07) is 0. The highest BCUT2D eigenvalue weighted by atomic mass is 16.7. The first-order valence-corrected chi connectivity index (χ1v) is 21.0. The average Bonchev–Trinajstić information content (AvgIpc) is 3.18. The van der Waals surface area contributed by atoms with Crippen LogP contribution in [0.2, 0.25) is 0 Å². The van der Waals surface area contributed by atoms with Gasteiger partial charge in [-0.3, -0.25) is 9.59 Å². The number of rotatable bonds is 33. The molecule has 1 aliphatic heterocycles. The predicted octanol–water partition coefficient (Wildman–Crippen LogP) is 8.44. The molecule has 1 saturated heterocycles. The molecule has 0 radical (unpaired) electrons. The lowest BCUT2D eigenvalue weighted by molar-refractivity contribution is -0.305. The predicted molar refractivity (Wildman–Crippen MR) is 219 cm³/mol. The molecule has 1 rings (SSSR count). The number of carbonyl (C=O) groups is 2. The highest BCUT2D eigenvalue weighted by Crippen LogP contribution is 2.22. The second-order valence-electron chi connectivity index (χ2n) is 14.0. The summed E-state index contributed by atoms with van der Waals surface area (Å²) >= 11 is 0. The van der Waals surface area contributed by atoms with E-state index in [1.54, 1.807) is 0 Å². The third-order valence-corrected chi connectivity index (χ3v) is 9.09. The number of hydrogen-bond donors (Lipinski definition) is 4. The smallest absolute Gasteiger partial charge is 0.306 e.